The third-order valence-electron chi connectivity index (χ3n) is 2.94. The molecule has 3 N–H and O–H groups in total. The molecule has 1 aromatic heterocycles. The molecule has 108 valence electrons. The Labute approximate surface area is 115 Å². The van der Waals surface area contributed by atoms with E-state index < -0.39 is 5.60 Å². The third-order valence-corrected chi connectivity index (χ3v) is 2.94. The highest BCUT2D eigenvalue weighted by molar-refractivity contribution is 5.47. The van der Waals surface area contributed by atoms with Crippen molar-refractivity contribution in [1.29, 1.82) is 0 Å². The molecule has 5 nitrogen and oxygen atoms in total. The monoisotopic (exact) mass is 266 g/mol. The molecular weight excluding hydrogens is 240 g/mol. The molecule has 0 saturated carbocycles. The minimum atomic E-state index is -0.704. The van der Waals surface area contributed by atoms with Gasteiger partial charge < -0.3 is 15.7 Å². The molecule has 0 aromatic carbocycles. The molecule has 0 aliphatic heterocycles. The summed E-state index contributed by atoms with van der Waals surface area (Å²) in [7, 11) is 1.84. The van der Waals surface area contributed by atoms with E-state index >= 15 is 0 Å². The summed E-state index contributed by atoms with van der Waals surface area (Å²) in [6.45, 7) is 6.51. The van der Waals surface area contributed by atoms with Crippen LogP contribution in [0.15, 0.2) is 6.07 Å². The van der Waals surface area contributed by atoms with Crippen LogP contribution in [0.4, 0.5) is 11.6 Å². The van der Waals surface area contributed by atoms with Crippen molar-refractivity contribution in [2.45, 2.75) is 52.1 Å². The highest BCUT2D eigenvalue weighted by Crippen LogP contribution is 2.16. The number of hydrogen-bond donors (Lipinski definition) is 3. The molecule has 1 rings (SSSR count). The van der Waals surface area contributed by atoms with Crippen molar-refractivity contribution in [3.05, 3.63) is 11.9 Å². The van der Waals surface area contributed by atoms with Crippen LogP contribution in [0.2, 0.25) is 0 Å². The number of anilines is 2. The summed E-state index contributed by atoms with van der Waals surface area (Å²) in [5.41, 5.74) is -0.704. The normalized spacial score (nSPS) is 13.9. The van der Waals surface area contributed by atoms with E-state index in [1.165, 1.54) is 0 Å². The lowest BCUT2D eigenvalue weighted by molar-refractivity contribution is 0.0636. The molecule has 0 saturated heterocycles. The minimum absolute atomic E-state index is 0.493. The van der Waals surface area contributed by atoms with E-state index in [1.807, 2.05) is 20.0 Å². The first kappa shape index (κ1) is 15.7. The number of nitrogens with one attached hydrogen (secondary N) is 2. The Morgan fingerprint density at radius 1 is 1.21 bits per heavy atom. The first-order valence-electron chi connectivity index (χ1n) is 7.02. The largest absolute Gasteiger partial charge is 0.388 e. The first-order chi connectivity index (χ1) is 9.00. The molecule has 0 radical (unpaired) electrons. The van der Waals surface area contributed by atoms with Crippen molar-refractivity contribution in [1.82, 2.24) is 9.97 Å². The van der Waals surface area contributed by atoms with Crippen LogP contribution in [-0.2, 0) is 6.42 Å². The third kappa shape index (κ3) is 5.42. The van der Waals surface area contributed by atoms with Gasteiger partial charge in [-0.1, -0.05) is 20.3 Å². The van der Waals surface area contributed by atoms with Crippen LogP contribution < -0.4 is 10.6 Å². The highest BCUT2D eigenvalue weighted by Gasteiger charge is 2.19. The van der Waals surface area contributed by atoms with E-state index in [0.717, 1.165) is 43.1 Å². The molecule has 0 fully saturated rings. The zero-order valence-electron chi connectivity index (χ0n) is 12.5. The van der Waals surface area contributed by atoms with Gasteiger partial charge in [0.1, 0.15) is 17.5 Å². The molecule has 1 heterocycles. The Kier molecular flexibility index (Phi) is 6.02. The maximum Gasteiger partial charge on any atom is 0.133 e. The van der Waals surface area contributed by atoms with E-state index in [9.17, 15) is 5.11 Å². The van der Waals surface area contributed by atoms with Crippen LogP contribution >= 0.6 is 0 Å². The summed E-state index contributed by atoms with van der Waals surface area (Å²) in [5.74, 6) is 2.39. The van der Waals surface area contributed by atoms with Crippen molar-refractivity contribution in [2.75, 3.05) is 24.2 Å². The van der Waals surface area contributed by atoms with Crippen LogP contribution in [0.3, 0.4) is 0 Å². The molecule has 0 amide bonds. The van der Waals surface area contributed by atoms with Crippen LogP contribution in [0.1, 0.15) is 45.9 Å². The Balaban J connectivity index is 2.74. The first-order valence-corrected chi connectivity index (χ1v) is 7.02. The van der Waals surface area contributed by atoms with Crippen molar-refractivity contribution in [3.63, 3.8) is 0 Å². The van der Waals surface area contributed by atoms with Gasteiger partial charge in [0.15, 0.2) is 0 Å². The number of aliphatic hydroxyl groups is 1. The van der Waals surface area contributed by atoms with Crippen molar-refractivity contribution >= 4 is 11.6 Å². The molecule has 1 aromatic rings. The SMILES string of the molecule is CCCc1nc(NC)cc(NCC(C)(O)CCC)n1. The van der Waals surface area contributed by atoms with Gasteiger partial charge in [0.25, 0.3) is 0 Å². The van der Waals surface area contributed by atoms with Gasteiger partial charge in [0.05, 0.1) is 5.60 Å². The fraction of sp³-hybridized carbons (Fsp3) is 0.714. The number of aromatic nitrogens is 2. The van der Waals surface area contributed by atoms with Crippen molar-refractivity contribution in [3.8, 4) is 0 Å². The Morgan fingerprint density at radius 3 is 2.47 bits per heavy atom. The fourth-order valence-corrected chi connectivity index (χ4v) is 1.96. The Morgan fingerprint density at radius 2 is 1.89 bits per heavy atom. The summed E-state index contributed by atoms with van der Waals surface area (Å²) >= 11 is 0. The summed E-state index contributed by atoms with van der Waals surface area (Å²) in [4.78, 5) is 8.86. The van der Waals surface area contributed by atoms with Gasteiger partial charge in [-0.15, -0.1) is 0 Å². The number of aryl methyl sites for hydroxylation is 1. The minimum Gasteiger partial charge on any atom is -0.388 e. The molecule has 1 atom stereocenters. The molecule has 0 spiro atoms. The van der Waals surface area contributed by atoms with Crippen molar-refractivity contribution in [2.24, 2.45) is 0 Å². The molecule has 19 heavy (non-hydrogen) atoms. The van der Waals surface area contributed by atoms with Gasteiger partial charge in [0.2, 0.25) is 0 Å². The van der Waals surface area contributed by atoms with Crippen LogP contribution in [-0.4, -0.2) is 34.3 Å². The predicted molar refractivity (Wildman–Crippen MR) is 79.6 cm³/mol. The standard InChI is InChI=1S/C14H26N4O/c1-5-7-11-17-12(15-4)9-13(18-11)16-10-14(3,19)8-6-2/h9,19H,5-8,10H2,1-4H3,(H2,15,16,17,18). The zero-order valence-corrected chi connectivity index (χ0v) is 12.5. The van der Waals surface area contributed by atoms with Crippen molar-refractivity contribution < 1.29 is 5.11 Å². The Bertz CT molecular complexity index is 393. The van der Waals surface area contributed by atoms with Gasteiger partial charge in [-0.25, -0.2) is 9.97 Å². The van der Waals surface area contributed by atoms with E-state index in [4.69, 9.17) is 0 Å². The molecular formula is C14H26N4O. The molecule has 0 aliphatic carbocycles. The number of nitrogens with zero attached hydrogens (tertiary/aromatic N) is 2. The average molecular weight is 266 g/mol. The van der Waals surface area contributed by atoms with Gasteiger partial charge >= 0.3 is 0 Å². The maximum atomic E-state index is 10.2. The zero-order chi connectivity index (χ0) is 14.3. The molecule has 1 unspecified atom stereocenters. The summed E-state index contributed by atoms with van der Waals surface area (Å²) < 4.78 is 0. The van der Waals surface area contributed by atoms with Gasteiger partial charge in [0, 0.05) is 26.1 Å². The topological polar surface area (TPSA) is 70.1 Å². The van der Waals surface area contributed by atoms with E-state index in [0.29, 0.717) is 6.54 Å². The fourth-order valence-electron chi connectivity index (χ4n) is 1.96. The number of hydrogen-bond acceptors (Lipinski definition) is 5. The average Bonchev–Trinajstić information content (AvgIpc) is 2.36. The lowest BCUT2D eigenvalue weighted by Crippen LogP contribution is -2.33. The predicted octanol–water partition coefficient (Wildman–Crippen LogP) is 2.43. The smallest absolute Gasteiger partial charge is 0.133 e. The lowest BCUT2D eigenvalue weighted by Gasteiger charge is -2.23. The van der Waals surface area contributed by atoms with Crippen LogP contribution in [0.25, 0.3) is 0 Å². The van der Waals surface area contributed by atoms with Gasteiger partial charge in [-0.2, -0.15) is 0 Å². The van der Waals surface area contributed by atoms with Crippen LogP contribution in [0, 0.1) is 0 Å². The highest BCUT2D eigenvalue weighted by atomic mass is 16.3. The van der Waals surface area contributed by atoms with E-state index in [2.05, 4.69) is 34.4 Å². The summed E-state index contributed by atoms with van der Waals surface area (Å²) in [6.07, 6.45) is 3.60. The van der Waals surface area contributed by atoms with Gasteiger partial charge in [-0.05, 0) is 19.8 Å². The second-order valence-corrected chi connectivity index (χ2v) is 5.16. The maximum absolute atomic E-state index is 10.2. The molecule has 0 aliphatic rings. The van der Waals surface area contributed by atoms with E-state index in [-0.39, 0.29) is 0 Å². The molecule has 5 heteroatoms. The Hall–Kier alpha value is -1.36. The molecule has 0 bridgehead atoms. The van der Waals surface area contributed by atoms with E-state index in [1.54, 1.807) is 0 Å². The number of rotatable bonds is 8. The summed E-state index contributed by atoms with van der Waals surface area (Å²) in [5, 5.41) is 16.4. The van der Waals surface area contributed by atoms with Gasteiger partial charge in [-0.3, -0.25) is 0 Å². The second kappa shape index (κ2) is 7.28. The quantitative estimate of drug-likeness (QED) is 0.674. The van der Waals surface area contributed by atoms with Crippen LogP contribution in [0.5, 0.6) is 0 Å². The summed E-state index contributed by atoms with van der Waals surface area (Å²) in [6, 6.07) is 1.86. The second-order valence-electron chi connectivity index (χ2n) is 5.16. The lowest BCUT2D eigenvalue weighted by atomic mass is 10.0.